The van der Waals surface area contributed by atoms with E-state index in [9.17, 15) is 0 Å². The fourth-order valence-corrected chi connectivity index (χ4v) is 2.68. The normalized spacial score (nSPS) is 13.5. The van der Waals surface area contributed by atoms with Gasteiger partial charge in [-0.25, -0.2) is 0 Å². The van der Waals surface area contributed by atoms with E-state index in [2.05, 4.69) is 55.2 Å². The topological polar surface area (TPSA) is 52.1 Å². The van der Waals surface area contributed by atoms with Crippen molar-refractivity contribution >= 4 is 5.96 Å². The monoisotopic (exact) mass is 357 g/mol. The molecule has 6 nitrogen and oxygen atoms in total. The molecule has 25 heavy (non-hydrogen) atoms. The molecule has 0 fully saturated rings. The van der Waals surface area contributed by atoms with Crippen LogP contribution in [0.15, 0.2) is 4.99 Å². The van der Waals surface area contributed by atoms with E-state index in [1.165, 1.54) is 19.4 Å². The average molecular weight is 358 g/mol. The highest BCUT2D eigenvalue weighted by molar-refractivity contribution is 5.79. The lowest BCUT2D eigenvalue weighted by Crippen LogP contribution is -2.42. The lowest BCUT2D eigenvalue weighted by Gasteiger charge is -2.21. The van der Waals surface area contributed by atoms with Gasteiger partial charge in [-0.05, 0) is 66.3 Å². The van der Waals surface area contributed by atoms with E-state index < -0.39 is 0 Å². The summed E-state index contributed by atoms with van der Waals surface area (Å²) in [7, 11) is 3.87. The molecule has 0 aliphatic carbocycles. The summed E-state index contributed by atoms with van der Waals surface area (Å²) >= 11 is 0. The number of nitrogens with zero attached hydrogens (tertiary/aromatic N) is 3. The van der Waals surface area contributed by atoms with Gasteiger partial charge in [-0.3, -0.25) is 4.99 Å². The maximum atomic E-state index is 5.10. The predicted molar refractivity (Wildman–Crippen MR) is 110 cm³/mol. The van der Waals surface area contributed by atoms with Crippen LogP contribution in [0.4, 0.5) is 0 Å². The lowest BCUT2D eigenvalue weighted by atomic mass is 10.2. The molecule has 0 heterocycles. The molecule has 0 aromatic carbocycles. The fraction of sp³-hybridized carbons (Fsp3) is 0.947. The highest BCUT2D eigenvalue weighted by atomic mass is 16.5. The molecular formula is C19H43N5O. The van der Waals surface area contributed by atoms with Crippen molar-refractivity contribution in [2.45, 2.75) is 53.0 Å². The Morgan fingerprint density at radius 1 is 1.08 bits per heavy atom. The van der Waals surface area contributed by atoms with Crippen LogP contribution in [-0.2, 0) is 4.74 Å². The molecular weight excluding hydrogens is 314 g/mol. The van der Waals surface area contributed by atoms with E-state index >= 15 is 0 Å². The van der Waals surface area contributed by atoms with Crippen LogP contribution in [-0.4, -0.2) is 88.4 Å². The number of methoxy groups -OCH3 is 1. The first kappa shape index (κ1) is 24.1. The van der Waals surface area contributed by atoms with Gasteiger partial charge in [0.15, 0.2) is 5.96 Å². The Balaban J connectivity index is 4.08. The van der Waals surface area contributed by atoms with Gasteiger partial charge in [0, 0.05) is 32.8 Å². The Kier molecular flexibility index (Phi) is 16.0. The first-order valence-corrected chi connectivity index (χ1v) is 10.0. The minimum Gasteiger partial charge on any atom is -0.383 e. The number of guanidine groups is 1. The number of nitrogens with one attached hydrogen (secondary N) is 2. The number of rotatable bonds is 15. The first-order valence-electron chi connectivity index (χ1n) is 10.0. The molecule has 0 saturated heterocycles. The van der Waals surface area contributed by atoms with Crippen molar-refractivity contribution in [1.29, 1.82) is 0 Å². The Morgan fingerprint density at radius 3 is 2.40 bits per heavy atom. The second-order valence-corrected chi connectivity index (χ2v) is 6.62. The summed E-state index contributed by atoms with van der Waals surface area (Å²) in [5.74, 6) is 0.942. The van der Waals surface area contributed by atoms with Gasteiger partial charge in [-0.1, -0.05) is 13.8 Å². The molecule has 6 heteroatoms. The van der Waals surface area contributed by atoms with Crippen molar-refractivity contribution in [1.82, 2.24) is 20.4 Å². The first-order chi connectivity index (χ1) is 12.1. The maximum absolute atomic E-state index is 5.10. The van der Waals surface area contributed by atoms with Gasteiger partial charge in [0.1, 0.15) is 0 Å². The van der Waals surface area contributed by atoms with E-state index in [4.69, 9.17) is 9.73 Å². The molecule has 0 rings (SSSR count). The van der Waals surface area contributed by atoms with E-state index in [-0.39, 0.29) is 0 Å². The Hall–Kier alpha value is -0.850. The van der Waals surface area contributed by atoms with Crippen LogP contribution in [0.1, 0.15) is 47.0 Å². The van der Waals surface area contributed by atoms with E-state index in [0.29, 0.717) is 6.04 Å². The van der Waals surface area contributed by atoms with Gasteiger partial charge in [0.05, 0.1) is 6.61 Å². The zero-order chi connectivity index (χ0) is 18.9. The highest BCUT2D eigenvalue weighted by Gasteiger charge is 2.06. The molecule has 0 aliphatic heterocycles. The second-order valence-electron chi connectivity index (χ2n) is 6.62. The van der Waals surface area contributed by atoms with Crippen LogP contribution in [0.2, 0.25) is 0 Å². The standard InChI is InChI=1S/C19H43N5O/c1-7-20-19(21-13-11-14-23(5)16-17-25-6)22-18(4)12-10-15-24(8-2)9-3/h18H,7-17H2,1-6H3,(H2,20,21,22). The summed E-state index contributed by atoms with van der Waals surface area (Å²) in [5.41, 5.74) is 0. The van der Waals surface area contributed by atoms with E-state index in [1.807, 2.05) is 0 Å². The zero-order valence-electron chi connectivity index (χ0n) is 17.6. The molecule has 1 atom stereocenters. The molecule has 0 aromatic rings. The van der Waals surface area contributed by atoms with Crippen LogP contribution in [0.5, 0.6) is 0 Å². The number of aliphatic imine (C=N–C) groups is 1. The van der Waals surface area contributed by atoms with Crippen LogP contribution in [0.25, 0.3) is 0 Å². The number of hydrogen-bond donors (Lipinski definition) is 2. The molecule has 0 aliphatic rings. The van der Waals surface area contributed by atoms with Crippen LogP contribution in [0, 0.1) is 0 Å². The van der Waals surface area contributed by atoms with Gasteiger partial charge in [0.2, 0.25) is 0 Å². The molecule has 0 aromatic heterocycles. The third-order valence-corrected chi connectivity index (χ3v) is 4.38. The molecule has 150 valence electrons. The average Bonchev–Trinajstić information content (AvgIpc) is 2.60. The molecule has 0 radical (unpaired) electrons. The van der Waals surface area contributed by atoms with Crippen LogP contribution >= 0.6 is 0 Å². The van der Waals surface area contributed by atoms with Crippen molar-refractivity contribution in [3.63, 3.8) is 0 Å². The third kappa shape index (κ3) is 14.0. The largest absolute Gasteiger partial charge is 0.383 e. The summed E-state index contributed by atoms with van der Waals surface area (Å²) in [6, 6.07) is 0.442. The van der Waals surface area contributed by atoms with Crippen LogP contribution < -0.4 is 10.6 Å². The van der Waals surface area contributed by atoms with Crippen molar-refractivity contribution in [2.75, 3.05) is 66.6 Å². The molecule has 1 unspecified atom stereocenters. The fourth-order valence-electron chi connectivity index (χ4n) is 2.68. The molecule has 0 bridgehead atoms. The minimum absolute atomic E-state index is 0.442. The molecule has 0 spiro atoms. The minimum atomic E-state index is 0.442. The van der Waals surface area contributed by atoms with Crippen LogP contribution in [0.3, 0.4) is 0 Å². The summed E-state index contributed by atoms with van der Waals surface area (Å²) in [4.78, 5) is 9.47. The summed E-state index contributed by atoms with van der Waals surface area (Å²) in [6.07, 6.45) is 3.45. The van der Waals surface area contributed by atoms with Gasteiger partial charge < -0.3 is 25.2 Å². The second kappa shape index (κ2) is 16.6. The Labute approximate surface area is 156 Å². The number of ether oxygens (including phenoxy) is 1. The summed E-state index contributed by atoms with van der Waals surface area (Å²) in [5, 5.41) is 6.89. The van der Waals surface area contributed by atoms with Crippen molar-refractivity contribution < 1.29 is 4.74 Å². The quantitative estimate of drug-likeness (QED) is 0.267. The smallest absolute Gasteiger partial charge is 0.191 e. The van der Waals surface area contributed by atoms with E-state index in [0.717, 1.165) is 58.3 Å². The van der Waals surface area contributed by atoms with Gasteiger partial charge in [-0.2, -0.15) is 0 Å². The molecule has 0 amide bonds. The lowest BCUT2D eigenvalue weighted by molar-refractivity contribution is 0.161. The van der Waals surface area contributed by atoms with Crippen molar-refractivity contribution in [3.05, 3.63) is 0 Å². The number of likely N-dealkylation sites (N-methyl/N-ethyl adjacent to an activating group) is 1. The van der Waals surface area contributed by atoms with Gasteiger partial charge in [-0.15, -0.1) is 0 Å². The number of hydrogen-bond acceptors (Lipinski definition) is 4. The Morgan fingerprint density at radius 2 is 1.80 bits per heavy atom. The van der Waals surface area contributed by atoms with Crippen molar-refractivity contribution in [3.8, 4) is 0 Å². The molecule has 0 saturated carbocycles. The third-order valence-electron chi connectivity index (χ3n) is 4.38. The highest BCUT2D eigenvalue weighted by Crippen LogP contribution is 2.00. The summed E-state index contributed by atoms with van der Waals surface area (Å²) in [6.45, 7) is 16.8. The Bertz CT molecular complexity index is 321. The molecule has 2 N–H and O–H groups in total. The SMILES string of the molecule is CCNC(=NCCCN(C)CCOC)NC(C)CCCN(CC)CC. The van der Waals surface area contributed by atoms with E-state index in [1.54, 1.807) is 7.11 Å². The zero-order valence-corrected chi connectivity index (χ0v) is 17.6. The predicted octanol–water partition coefficient (Wildman–Crippen LogP) is 2.02. The van der Waals surface area contributed by atoms with Gasteiger partial charge in [0.25, 0.3) is 0 Å². The summed E-state index contributed by atoms with van der Waals surface area (Å²) < 4.78 is 5.10. The van der Waals surface area contributed by atoms with Gasteiger partial charge >= 0.3 is 0 Å². The van der Waals surface area contributed by atoms with Crippen molar-refractivity contribution in [2.24, 2.45) is 4.99 Å². The maximum Gasteiger partial charge on any atom is 0.191 e.